The van der Waals surface area contributed by atoms with E-state index in [1.807, 2.05) is 73.7 Å². The fourth-order valence-corrected chi connectivity index (χ4v) is 5.06. The molecule has 3 aromatic carbocycles. The number of hydrogen-bond acceptors (Lipinski definition) is 6. The fourth-order valence-electron chi connectivity index (χ4n) is 3.94. The number of carbonyl (C=O) groups excluding carboxylic acids is 1. The van der Waals surface area contributed by atoms with E-state index in [1.54, 1.807) is 20.3 Å². The lowest BCUT2D eigenvalue weighted by Gasteiger charge is -2.16. The Bertz CT molecular complexity index is 1500. The van der Waals surface area contributed by atoms with E-state index in [0.29, 0.717) is 49.8 Å². The van der Waals surface area contributed by atoms with Crippen LogP contribution in [0.3, 0.4) is 0 Å². The number of methoxy groups -OCH3 is 2. The highest BCUT2D eigenvalue weighted by Crippen LogP contribution is 2.42. The van der Waals surface area contributed by atoms with Gasteiger partial charge in [-0.2, -0.15) is 5.26 Å². The molecule has 1 N–H and O–H groups in total. The van der Waals surface area contributed by atoms with E-state index in [-0.39, 0.29) is 12.3 Å². The number of aromatic nitrogens is 1. The lowest BCUT2D eigenvalue weighted by atomic mass is 9.98. The lowest BCUT2D eigenvalue weighted by Crippen LogP contribution is -2.12. The molecule has 4 aromatic rings. The van der Waals surface area contributed by atoms with Crippen LogP contribution < -0.4 is 14.8 Å². The molecule has 6 nitrogen and oxygen atoms in total. The highest BCUT2D eigenvalue weighted by atomic mass is 35.5. The maximum absolute atomic E-state index is 12.6. The molecule has 0 fully saturated rings. The minimum atomic E-state index is -0.148. The van der Waals surface area contributed by atoms with Crippen molar-refractivity contribution >= 4 is 35.0 Å². The number of amides is 1. The summed E-state index contributed by atoms with van der Waals surface area (Å²) in [6, 6.07) is 24.9. The number of para-hydroxylation sites is 1. The van der Waals surface area contributed by atoms with Crippen molar-refractivity contribution in [1.82, 2.24) is 4.98 Å². The summed E-state index contributed by atoms with van der Waals surface area (Å²) in [6.07, 6.45) is 0.232. The molecule has 0 aliphatic heterocycles. The number of ether oxygens (including phenoxy) is 2. The van der Waals surface area contributed by atoms with Gasteiger partial charge in [-0.05, 0) is 36.8 Å². The number of nitrogens with one attached hydrogen (secondary N) is 1. The number of nitriles is 1. The number of aryl methyl sites for hydroxylation is 1. The first-order valence-electron chi connectivity index (χ1n) is 11.9. The van der Waals surface area contributed by atoms with Crippen LogP contribution in [0.1, 0.15) is 17.5 Å². The molecule has 1 heterocycles. The average molecular weight is 544 g/mol. The van der Waals surface area contributed by atoms with E-state index >= 15 is 0 Å². The van der Waals surface area contributed by atoms with Crippen molar-refractivity contribution in [2.75, 3.05) is 25.3 Å². The van der Waals surface area contributed by atoms with Crippen LogP contribution in [0.25, 0.3) is 22.4 Å². The van der Waals surface area contributed by atoms with Crippen molar-refractivity contribution in [3.8, 4) is 40.0 Å². The maximum atomic E-state index is 12.6. The number of carbonyl (C=O) groups is 1. The highest BCUT2D eigenvalue weighted by molar-refractivity contribution is 7.99. The number of nitrogens with zero attached hydrogens (tertiary/aromatic N) is 2. The molecular formula is C30H26ClN3O3S. The van der Waals surface area contributed by atoms with Crippen LogP contribution in [0, 0.1) is 18.3 Å². The normalized spacial score (nSPS) is 10.5. The Labute approximate surface area is 231 Å². The molecule has 192 valence electrons. The summed E-state index contributed by atoms with van der Waals surface area (Å²) < 4.78 is 11.2. The first-order chi connectivity index (χ1) is 18.4. The summed E-state index contributed by atoms with van der Waals surface area (Å²) in [6.45, 7) is 1.91. The highest BCUT2D eigenvalue weighted by Gasteiger charge is 2.20. The zero-order chi connectivity index (χ0) is 27.1. The molecule has 1 aromatic heterocycles. The minimum Gasteiger partial charge on any atom is -0.493 e. The van der Waals surface area contributed by atoms with E-state index in [0.717, 1.165) is 16.7 Å². The minimum absolute atomic E-state index is 0.148. The van der Waals surface area contributed by atoms with Crippen LogP contribution in [0.15, 0.2) is 77.8 Å². The Balaban J connectivity index is 1.66. The number of anilines is 1. The van der Waals surface area contributed by atoms with Gasteiger partial charge in [-0.3, -0.25) is 4.79 Å². The topological polar surface area (TPSA) is 84.2 Å². The Kier molecular flexibility index (Phi) is 8.90. The average Bonchev–Trinajstić information content (AvgIpc) is 2.94. The zero-order valence-electron chi connectivity index (χ0n) is 21.2. The first kappa shape index (κ1) is 27.1. The molecule has 0 unspecified atom stereocenters. The van der Waals surface area contributed by atoms with Gasteiger partial charge >= 0.3 is 0 Å². The van der Waals surface area contributed by atoms with Crippen LogP contribution in [0.4, 0.5) is 5.69 Å². The van der Waals surface area contributed by atoms with Gasteiger partial charge in [0.2, 0.25) is 5.91 Å². The van der Waals surface area contributed by atoms with Crippen LogP contribution in [-0.2, 0) is 4.79 Å². The molecule has 38 heavy (non-hydrogen) atoms. The van der Waals surface area contributed by atoms with Crippen molar-refractivity contribution < 1.29 is 14.3 Å². The molecule has 0 atom stereocenters. The summed E-state index contributed by atoms with van der Waals surface area (Å²) in [5, 5.41) is 14.2. The van der Waals surface area contributed by atoms with E-state index in [2.05, 4.69) is 11.4 Å². The SMILES string of the molecule is COc1cccc(-c2cc(-c3ccccc3)nc(SCCC(=O)Nc3ccc(C)c(Cl)c3)c2C#N)c1OC. The summed E-state index contributed by atoms with van der Waals surface area (Å²) in [7, 11) is 3.15. The first-order valence-corrected chi connectivity index (χ1v) is 13.2. The van der Waals surface area contributed by atoms with Crippen molar-refractivity contribution in [1.29, 1.82) is 5.26 Å². The van der Waals surface area contributed by atoms with Crippen molar-refractivity contribution in [3.05, 3.63) is 88.9 Å². The van der Waals surface area contributed by atoms with Gasteiger partial charge in [0.05, 0.1) is 25.5 Å². The second-order valence-electron chi connectivity index (χ2n) is 8.36. The predicted octanol–water partition coefficient (Wildman–Crippen LogP) is 7.39. The number of thioether (sulfide) groups is 1. The van der Waals surface area contributed by atoms with E-state index in [9.17, 15) is 10.1 Å². The van der Waals surface area contributed by atoms with Crippen molar-refractivity contribution in [3.63, 3.8) is 0 Å². The van der Waals surface area contributed by atoms with Gasteiger partial charge in [-0.25, -0.2) is 4.98 Å². The van der Waals surface area contributed by atoms with Gasteiger partial charge in [0.25, 0.3) is 0 Å². The summed E-state index contributed by atoms with van der Waals surface area (Å²) >= 11 is 7.54. The molecule has 0 saturated carbocycles. The van der Waals surface area contributed by atoms with Crippen molar-refractivity contribution in [2.24, 2.45) is 0 Å². The van der Waals surface area contributed by atoms with Crippen molar-refractivity contribution in [2.45, 2.75) is 18.4 Å². The fraction of sp³-hybridized carbons (Fsp3) is 0.167. The molecule has 0 aliphatic rings. The third-order valence-corrected chi connectivity index (χ3v) is 7.27. The Morgan fingerprint density at radius 2 is 1.82 bits per heavy atom. The zero-order valence-corrected chi connectivity index (χ0v) is 22.8. The molecular weight excluding hydrogens is 518 g/mol. The largest absolute Gasteiger partial charge is 0.493 e. The Morgan fingerprint density at radius 3 is 2.50 bits per heavy atom. The number of halogens is 1. The van der Waals surface area contributed by atoms with E-state index in [1.165, 1.54) is 11.8 Å². The van der Waals surface area contributed by atoms with Crippen LogP contribution in [-0.4, -0.2) is 30.9 Å². The number of hydrogen-bond donors (Lipinski definition) is 1. The molecule has 0 spiro atoms. The van der Waals surface area contributed by atoms with Crippen LogP contribution in [0.2, 0.25) is 5.02 Å². The summed E-state index contributed by atoms with van der Waals surface area (Å²) in [5.74, 6) is 1.38. The molecule has 0 saturated heterocycles. The Hall–Kier alpha value is -3.99. The van der Waals surface area contributed by atoms with Gasteiger partial charge in [0, 0.05) is 39.6 Å². The molecule has 0 aliphatic carbocycles. The molecule has 4 rings (SSSR count). The van der Waals surface area contributed by atoms with Gasteiger partial charge in [-0.1, -0.05) is 60.1 Å². The summed E-state index contributed by atoms with van der Waals surface area (Å²) in [4.78, 5) is 17.4. The molecule has 1 amide bonds. The smallest absolute Gasteiger partial charge is 0.225 e. The molecule has 0 radical (unpaired) electrons. The van der Waals surface area contributed by atoms with Gasteiger partial charge < -0.3 is 14.8 Å². The summed E-state index contributed by atoms with van der Waals surface area (Å²) in [5.41, 5.74) is 5.02. The third-order valence-electron chi connectivity index (χ3n) is 5.88. The van der Waals surface area contributed by atoms with Gasteiger partial charge in [0.1, 0.15) is 11.1 Å². The van der Waals surface area contributed by atoms with E-state index in [4.69, 9.17) is 26.1 Å². The molecule has 8 heteroatoms. The predicted molar refractivity (Wildman–Crippen MR) is 153 cm³/mol. The number of pyridine rings is 1. The van der Waals surface area contributed by atoms with Gasteiger partial charge in [-0.15, -0.1) is 11.8 Å². The van der Waals surface area contributed by atoms with E-state index < -0.39 is 0 Å². The second kappa shape index (κ2) is 12.5. The third kappa shape index (κ3) is 6.10. The monoisotopic (exact) mass is 543 g/mol. The lowest BCUT2D eigenvalue weighted by molar-refractivity contribution is -0.115. The Morgan fingerprint density at radius 1 is 1.03 bits per heavy atom. The number of benzene rings is 3. The van der Waals surface area contributed by atoms with Crippen LogP contribution in [0.5, 0.6) is 11.5 Å². The van der Waals surface area contributed by atoms with Gasteiger partial charge in [0.15, 0.2) is 11.5 Å². The molecule has 0 bridgehead atoms. The van der Waals surface area contributed by atoms with Crippen LogP contribution >= 0.6 is 23.4 Å². The quantitative estimate of drug-likeness (QED) is 0.222. The number of rotatable bonds is 9. The maximum Gasteiger partial charge on any atom is 0.225 e. The standard InChI is InChI=1S/C30H26ClN3O3S/c1-19-12-13-21(16-25(19)31)33-28(35)14-15-38-30-24(18-32)23(17-26(34-30)20-8-5-4-6-9-20)22-10-7-11-27(36-2)29(22)37-3/h4-13,16-17H,14-15H2,1-3H3,(H,33,35). The second-order valence-corrected chi connectivity index (χ2v) is 9.86.